The van der Waals surface area contributed by atoms with Crippen LogP contribution in [-0.4, -0.2) is 16.1 Å². The van der Waals surface area contributed by atoms with Crippen molar-refractivity contribution in [2.45, 2.75) is 19.8 Å². The summed E-state index contributed by atoms with van der Waals surface area (Å²) in [5.41, 5.74) is 1.00. The molecule has 1 aromatic rings. The molecule has 0 aromatic carbocycles. The maximum Gasteiger partial charge on any atom is 0.228 e. The van der Waals surface area contributed by atoms with E-state index in [-0.39, 0.29) is 11.8 Å². The van der Waals surface area contributed by atoms with E-state index in [2.05, 4.69) is 15.5 Å². The van der Waals surface area contributed by atoms with Crippen LogP contribution in [0.3, 0.4) is 0 Å². The number of hydrogen-bond acceptors (Lipinski definition) is 3. The molecule has 1 saturated carbocycles. The number of rotatable bonds is 2. The SMILES string of the molecule is Cc1cnnc(NC(=O)C2CC2)c1. The van der Waals surface area contributed by atoms with Crippen molar-refractivity contribution in [2.24, 2.45) is 5.92 Å². The lowest BCUT2D eigenvalue weighted by Crippen LogP contribution is -2.14. The standard InChI is InChI=1S/C9H11N3O/c1-6-4-8(12-10-5-6)11-9(13)7-2-3-7/h4-5,7H,2-3H2,1H3,(H,11,12,13). The van der Waals surface area contributed by atoms with Gasteiger partial charge in [0.25, 0.3) is 0 Å². The van der Waals surface area contributed by atoms with E-state index < -0.39 is 0 Å². The Morgan fingerprint density at radius 2 is 2.38 bits per heavy atom. The van der Waals surface area contributed by atoms with Crippen LogP contribution in [0, 0.1) is 12.8 Å². The van der Waals surface area contributed by atoms with Gasteiger partial charge in [0.15, 0.2) is 5.82 Å². The molecule has 1 N–H and O–H groups in total. The molecule has 0 bridgehead atoms. The highest BCUT2D eigenvalue weighted by atomic mass is 16.2. The summed E-state index contributed by atoms with van der Waals surface area (Å²) in [6.45, 7) is 1.92. The molecule has 1 amide bonds. The number of anilines is 1. The van der Waals surface area contributed by atoms with Gasteiger partial charge in [0.05, 0.1) is 6.20 Å². The highest BCUT2D eigenvalue weighted by Gasteiger charge is 2.29. The number of hydrogen-bond donors (Lipinski definition) is 1. The highest BCUT2D eigenvalue weighted by Crippen LogP contribution is 2.29. The average molecular weight is 177 g/mol. The number of aryl methyl sites for hydroxylation is 1. The molecule has 0 radical (unpaired) electrons. The fourth-order valence-electron chi connectivity index (χ4n) is 1.10. The lowest BCUT2D eigenvalue weighted by Gasteiger charge is -2.01. The smallest absolute Gasteiger partial charge is 0.228 e. The van der Waals surface area contributed by atoms with Crippen LogP contribution >= 0.6 is 0 Å². The first-order chi connectivity index (χ1) is 6.25. The molecular weight excluding hydrogens is 166 g/mol. The van der Waals surface area contributed by atoms with Gasteiger partial charge in [-0.3, -0.25) is 4.79 Å². The maximum atomic E-state index is 11.3. The molecule has 1 heterocycles. The Morgan fingerprint density at radius 3 is 3.00 bits per heavy atom. The van der Waals surface area contributed by atoms with Crippen LogP contribution < -0.4 is 5.32 Å². The van der Waals surface area contributed by atoms with Crippen LogP contribution in [0.15, 0.2) is 12.3 Å². The molecule has 13 heavy (non-hydrogen) atoms. The quantitative estimate of drug-likeness (QED) is 0.736. The van der Waals surface area contributed by atoms with Crippen molar-refractivity contribution < 1.29 is 4.79 Å². The Labute approximate surface area is 76.4 Å². The van der Waals surface area contributed by atoms with E-state index in [4.69, 9.17) is 0 Å². The molecule has 0 aliphatic heterocycles. The molecule has 4 nitrogen and oxygen atoms in total. The largest absolute Gasteiger partial charge is 0.309 e. The predicted molar refractivity (Wildman–Crippen MR) is 48.1 cm³/mol. The van der Waals surface area contributed by atoms with Crippen molar-refractivity contribution in [1.29, 1.82) is 0 Å². The molecule has 1 aromatic heterocycles. The van der Waals surface area contributed by atoms with E-state index in [1.165, 1.54) is 0 Å². The molecule has 0 atom stereocenters. The first-order valence-corrected chi connectivity index (χ1v) is 4.36. The zero-order valence-corrected chi connectivity index (χ0v) is 7.45. The zero-order chi connectivity index (χ0) is 9.26. The Hall–Kier alpha value is -1.45. The molecule has 2 rings (SSSR count). The molecule has 1 fully saturated rings. The second-order valence-electron chi connectivity index (χ2n) is 3.38. The predicted octanol–water partition coefficient (Wildman–Crippen LogP) is 1.13. The number of carbonyl (C=O) groups is 1. The molecule has 1 aliphatic carbocycles. The molecule has 0 saturated heterocycles. The minimum Gasteiger partial charge on any atom is -0.309 e. The van der Waals surface area contributed by atoms with Gasteiger partial charge in [-0.1, -0.05) is 0 Å². The number of nitrogens with zero attached hydrogens (tertiary/aromatic N) is 2. The highest BCUT2D eigenvalue weighted by molar-refractivity contribution is 5.93. The van der Waals surface area contributed by atoms with Crippen LogP contribution in [0.5, 0.6) is 0 Å². The average Bonchev–Trinajstić information content (AvgIpc) is 2.85. The van der Waals surface area contributed by atoms with E-state index >= 15 is 0 Å². The monoisotopic (exact) mass is 177 g/mol. The van der Waals surface area contributed by atoms with Crippen LogP contribution in [0.25, 0.3) is 0 Å². The fourth-order valence-corrected chi connectivity index (χ4v) is 1.10. The second kappa shape index (κ2) is 3.12. The third-order valence-corrected chi connectivity index (χ3v) is 1.99. The van der Waals surface area contributed by atoms with E-state index in [0.717, 1.165) is 18.4 Å². The van der Waals surface area contributed by atoms with E-state index in [1.807, 2.05) is 13.0 Å². The van der Waals surface area contributed by atoms with Gasteiger partial charge in [0.2, 0.25) is 5.91 Å². The molecule has 4 heteroatoms. The van der Waals surface area contributed by atoms with Gasteiger partial charge in [-0.2, -0.15) is 5.10 Å². The Kier molecular flexibility index (Phi) is 1.96. The summed E-state index contributed by atoms with van der Waals surface area (Å²) in [5.74, 6) is 0.833. The third-order valence-electron chi connectivity index (χ3n) is 1.99. The van der Waals surface area contributed by atoms with Gasteiger partial charge in [-0.25, -0.2) is 0 Å². The maximum absolute atomic E-state index is 11.3. The summed E-state index contributed by atoms with van der Waals surface area (Å²) in [6, 6.07) is 1.81. The second-order valence-corrected chi connectivity index (χ2v) is 3.38. The van der Waals surface area contributed by atoms with E-state index in [0.29, 0.717) is 5.82 Å². The van der Waals surface area contributed by atoms with Crippen molar-refractivity contribution >= 4 is 11.7 Å². The van der Waals surface area contributed by atoms with Gasteiger partial charge in [-0.05, 0) is 31.4 Å². The lowest BCUT2D eigenvalue weighted by atomic mass is 10.3. The van der Waals surface area contributed by atoms with Crippen molar-refractivity contribution in [3.8, 4) is 0 Å². The minimum absolute atomic E-state index is 0.0694. The topological polar surface area (TPSA) is 54.9 Å². The summed E-state index contributed by atoms with van der Waals surface area (Å²) in [4.78, 5) is 11.3. The van der Waals surface area contributed by atoms with Crippen molar-refractivity contribution in [3.05, 3.63) is 17.8 Å². The normalized spacial score (nSPS) is 15.5. The number of amides is 1. The lowest BCUT2D eigenvalue weighted by molar-refractivity contribution is -0.117. The molecule has 0 unspecified atom stereocenters. The first kappa shape index (κ1) is 8.16. The van der Waals surface area contributed by atoms with Crippen LogP contribution in [0.4, 0.5) is 5.82 Å². The Balaban J connectivity index is 2.04. The summed E-state index contributed by atoms with van der Waals surface area (Å²) in [5, 5.41) is 10.3. The zero-order valence-electron chi connectivity index (χ0n) is 7.45. The van der Waals surface area contributed by atoms with Gasteiger partial charge >= 0.3 is 0 Å². The number of carbonyl (C=O) groups excluding carboxylic acids is 1. The van der Waals surface area contributed by atoms with Crippen molar-refractivity contribution in [3.63, 3.8) is 0 Å². The van der Waals surface area contributed by atoms with Gasteiger partial charge < -0.3 is 5.32 Å². The van der Waals surface area contributed by atoms with Crippen LogP contribution in [0.1, 0.15) is 18.4 Å². The Bertz CT molecular complexity index is 333. The number of nitrogens with one attached hydrogen (secondary N) is 1. The van der Waals surface area contributed by atoms with Crippen molar-refractivity contribution in [1.82, 2.24) is 10.2 Å². The minimum atomic E-state index is 0.0694. The molecule has 68 valence electrons. The summed E-state index contributed by atoms with van der Waals surface area (Å²) in [7, 11) is 0. The van der Waals surface area contributed by atoms with E-state index in [1.54, 1.807) is 6.20 Å². The van der Waals surface area contributed by atoms with E-state index in [9.17, 15) is 4.79 Å². The van der Waals surface area contributed by atoms with Gasteiger partial charge in [0, 0.05) is 5.92 Å². The summed E-state index contributed by atoms with van der Waals surface area (Å²) >= 11 is 0. The Morgan fingerprint density at radius 1 is 1.62 bits per heavy atom. The fraction of sp³-hybridized carbons (Fsp3) is 0.444. The third kappa shape index (κ3) is 2.02. The van der Waals surface area contributed by atoms with Crippen LogP contribution in [0.2, 0.25) is 0 Å². The molecular formula is C9H11N3O. The van der Waals surface area contributed by atoms with Gasteiger partial charge in [-0.15, -0.1) is 5.10 Å². The van der Waals surface area contributed by atoms with Crippen molar-refractivity contribution in [2.75, 3.05) is 5.32 Å². The number of aromatic nitrogens is 2. The summed E-state index contributed by atoms with van der Waals surface area (Å²) in [6.07, 6.45) is 3.67. The molecule has 1 aliphatic rings. The molecule has 0 spiro atoms. The summed E-state index contributed by atoms with van der Waals surface area (Å²) < 4.78 is 0. The first-order valence-electron chi connectivity index (χ1n) is 4.36. The van der Waals surface area contributed by atoms with Gasteiger partial charge in [0.1, 0.15) is 0 Å². The van der Waals surface area contributed by atoms with Crippen LogP contribution in [-0.2, 0) is 4.79 Å².